The molecule has 0 atom stereocenters. The van der Waals surface area contributed by atoms with Crippen molar-refractivity contribution in [3.8, 4) is 5.88 Å². The van der Waals surface area contributed by atoms with Gasteiger partial charge in [-0.15, -0.1) is 0 Å². The molecule has 1 fully saturated rings. The number of halogens is 3. The van der Waals surface area contributed by atoms with Crippen LogP contribution in [-0.2, 0) is 12.0 Å². The van der Waals surface area contributed by atoms with Crippen LogP contribution in [0.25, 0.3) is 0 Å². The van der Waals surface area contributed by atoms with E-state index in [-0.39, 0.29) is 11.3 Å². The van der Waals surface area contributed by atoms with Gasteiger partial charge in [-0.25, -0.2) is 4.98 Å². The Kier molecular flexibility index (Phi) is 6.06. The lowest BCUT2D eigenvalue weighted by Crippen LogP contribution is -2.40. The molecule has 0 saturated heterocycles. The summed E-state index contributed by atoms with van der Waals surface area (Å²) < 4.78 is 41.1. The average Bonchev–Trinajstić information content (AvgIpc) is 3.49. The highest BCUT2D eigenvalue weighted by Gasteiger charge is 2.43. The van der Waals surface area contributed by atoms with Crippen LogP contribution >= 0.6 is 0 Å². The standard InChI is InChI=1S/C20H23F3N4O/c1-24-18(27-13-19(9-10-19)16-5-3-2-4-6-16)26-12-15-7-8-17(25-11-15)28-14-20(21,22)23/h2-8,11H,9-10,12-14H2,1H3,(H2,24,26,27). The summed E-state index contributed by atoms with van der Waals surface area (Å²) in [5.74, 6) is 0.613. The van der Waals surface area contributed by atoms with Gasteiger partial charge in [-0.1, -0.05) is 36.4 Å². The first-order valence-electron chi connectivity index (χ1n) is 9.05. The highest BCUT2D eigenvalue weighted by atomic mass is 19.4. The van der Waals surface area contributed by atoms with Gasteiger partial charge < -0.3 is 15.4 Å². The first kappa shape index (κ1) is 20.0. The molecule has 2 N–H and O–H groups in total. The second-order valence-corrected chi connectivity index (χ2v) is 6.83. The van der Waals surface area contributed by atoms with Gasteiger partial charge in [0, 0.05) is 37.8 Å². The molecule has 0 unspecified atom stereocenters. The summed E-state index contributed by atoms with van der Waals surface area (Å²) in [6.45, 7) is -0.110. The summed E-state index contributed by atoms with van der Waals surface area (Å²) in [7, 11) is 1.70. The van der Waals surface area contributed by atoms with Gasteiger partial charge >= 0.3 is 6.18 Å². The number of alkyl halides is 3. The number of hydrogen-bond donors (Lipinski definition) is 2. The minimum atomic E-state index is -4.38. The first-order valence-corrected chi connectivity index (χ1v) is 9.05. The van der Waals surface area contributed by atoms with Crippen molar-refractivity contribution in [2.24, 2.45) is 4.99 Å². The first-order chi connectivity index (χ1) is 13.4. The van der Waals surface area contributed by atoms with Crippen molar-refractivity contribution in [3.05, 3.63) is 59.8 Å². The number of ether oxygens (including phenoxy) is 1. The van der Waals surface area contributed by atoms with Gasteiger partial charge in [-0.05, 0) is 24.0 Å². The van der Waals surface area contributed by atoms with E-state index in [2.05, 4.69) is 49.6 Å². The van der Waals surface area contributed by atoms with Crippen molar-refractivity contribution in [3.63, 3.8) is 0 Å². The van der Waals surface area contributed by atoms with Crippen molar-refractivity contribution >= 4 is 5.96 Å². The van der Waals surface area contributed by atoms with Gasteiger partial charge in [0.15, 0.2) is 12.6 Å². The highest BCUT2D eigenvalue weighted by molar-refractivity contribution is 5.79. The quantitative estimate of drug-likeness (QED) is 0.560. The molecule has 8 heteroatoms. The lowest BCUT2D eigenvalue weighted by atomic mass is 9.96. The second-order valence-electron chi connectivity index (χ2n) is 6.83. The molecule has 1 aliphatic carbocycles. The van der Waals surface area contributed by atoms with Crippen LogP contribution in [0.4, 0.5) is 13.2 Å². The van der Waals surface area contributed by atoms with Crippen LogP contribution in [0.1, 0.15) is 24.0 Å². The molecule has 3 rings (SSSR count). The van der Waals surface area contributed by atoms with Crippen molar-refractivity contribution < 1.29 is 17.9 Å². The summed E-state index contributed by atoms with van der Waals surface area (Å²) in [5.41, 5.74) is 2.31. The minimum Gasteiger partial charge on any atom is -0.468 e. The molecule has 28 heavy (non-hydrogen) atoms. The molecule has 1 saturated carbocycles. The summed E-state index contributed by atoms with van der Waals surface area (Å²) in [4.78, 5) is 8.12. The van der Waals surface area contributed by atoms with E-state index in [1.165, 1.54) is 17.8 Å². The van der Waals surface area contributed by atoms with E-state index in [4.69, 9.17) is 0 Å². The molecule has 0 aliphatic heterocycles. The van der Waals surface area contributed by atoms with Crippen LogP contribution < -0.4 is 15.4 Å². The Labute approximate surface area is 162 Å². The summed E-state index contributed by atoms with van der Waals surface area (Å²) in [5, 5.41) is 6.55. The second kappa shape index (κ2) is 8.50. The molecule has 2 aromatic rings. The zero-order valence-electron chi connectivity index (χ0n) is 15.6. The predicted octanol–water partition coefficient (Wildman–Crippen LogP) is 3.42. The fourth-order valence-electron chi connectivity index (χ4n) is 2.93. The van der Waals surface area contributed by atoms with E-state index in [1.807, 2.05) is 6.07 Å². The molecule has 1 aromatic heterocycles. The Balaban J connectivity index is 1.47. The average molecular weight is 392 g/mol. The van der Waals surface area contributed by atoms with Gasteiger partial charge in [0.1, 0.15) is 0 Å². The fourth-order valence-corrected chi connectivity index (χ4v) is 2.93. The lowest BCUT2D eigenvalue weighted by Gasteiger charge is -2.19. The maximum Gasteiger partial charge on any atom is 0.422 e. The molecular formula is C20H23F3N4O. The van der Waals surface area contributed by atoms with Gasteiger partial charge in [0.25, 0.3) is 0 Å². The number of nitrogens with one attached hydrogen (secondary N) is 2. The van der Waals surface area contributed by atoms with Crippen LogP contribution in [0.15, 0.2) is 53.7 Å². The molecule has 150 valence electrons. The predicted molar refractivity (Wildman–Crippen MR) is 101 cm³/mol. The van der Waals surface area contributed by atoms with E-state index >= 15 is 0 Å². The Morgan fingerprint density at radius 1 is 1.14 bits per heavy atom. The van der Waals surface area contributed by atoms with Crippen LogP contribution in [0.5, 0.6) is 5.88 Å². The van der Waals surface area contributed by atoms with Crippen molar-refractivity contribution in [1.82, 2.24) is 15.6 Å². The Morgan fingerprint density at radius 2 is 1.89 bits per heavy atom. The number of pyridine rings is 1. The van der Waals surface area contributed by atoms with Crippen LogP contribution in [0.3, 0.4) is 0 Å². The number of benzene rings is 1. The van der Waals surface area contributed by atoms with E-state index in [1.54, 1.807) is 13.1 Å². The normalized spacial score (nSPS) is 15.8. The molecule has 0 bridgehead atoms. The number of guanidine groups is 1. The third-order valence-corrected chi connectivity index (χ3v) is 4.70. The van der Waals surface area contributed by atoms with Crippen molar-refractivity contribution in [2.75, 3.05) is 20.2 Å². The molecule has 0 spiro atoms. The fraction of sp³-hybridized carbons (Fsp3) is 0.400. The third-order valence-electron chi connectivity index (χ3n) is 4.70. The Hall–Kier alpha value is -2.77. The number of aliphatic imine (C=N–C) groups is 1. The molecular weight excluding hydrogens is 369 g/mol. The van der Waals surface area contributed by atoms with Crippen molar-refractivity contribution in [2.45, 2.75) is 31.0 Å². The summed E-state index contributed by atoms with van der Waals surface area (Å²) in [6, 6.07) is 13.5. The number of hydrogen-bond acceptors (Lipinski definition) is 3. The van der Waals surface area contributed by atoms with Gasteiger partial charge in [-0.3, -0.25) is 4.99 Å². The molecule has 1 aliphatic rings. The smallest absolute Gasteiger partial charge is 0.422 e. The number of aromatic nitrogens is 1. The maximum absolute atomic E-state index is 12.2. The van der Waals surface area contributed by atoms with E-state index < -0.39 is 12.8 Å². The largest absolute Gasteiger partial charge is 0.468 e. The van der Waals surface area contributed by atoms with Gasteiger partial charge in [0.05, 0.1) is 0 Å². The molecule has 0 radical (unpaired) electrons. The van der Waals surface area contributed by atoms with Crippen molar-refractivity contribution in [1.29, 1.82) is 0 Å². The maximum atomic E-state index is 12.2. The van der Waals surface area contributed by atoms with Crippen LogP contribution in [0.2, 0.25) is 0 Å². The van der Waals surface area contributed by atoms with E-state index in [0.29, 0.717) is 12.5 Å². The zero-order chi connectivity index (χ0) is 20.0. The lowest BCUT2D eigenvalue weighted by molar-refractivity contribution is -0.154. The molecule has 5 nitrogen and oxygen atoms in total. The molecule has 1 heterocycles. The minimum absolute atomic E-state index is 0.0536. The topological polar surface area (TPSA) is 58.5 Å². The monoisotopic (exact) mass is 392 g/mol. The summed E-state index contributed by atoms with van der Waals surface area (Å²) >= 11 is 0. The van der Waals surface area contributed by atoms with E-state index in [0.717, 1.165) is 24.9 Å². The number of nitrogens with zero attached hydrogens (tertiary/aromatic N) is 2. The summed E-state index contributed by atoms with van der Waals surface area (Å²) in [6.07, 6.45) is -0.605. The third kappa shape index (κ3) is 5.61. The highest BCUT2D eigenvalue weighted by Crippen LogP contribution is 2.47. The Bertz CT molecular complexity index is 787. The van der Waals surface area contributed by atoms with Gasteiger partial charge in [0.2, 0.25) is 5.88 Å². The molecule has 0 amide bonds. The van der Waals surface area contributed by atoms with Crippen LogP contribution in [-0.4, -0.2) is 37.3 Å². The molecule has 1 aromatic carbocycles. The Morgan fingerprint density at radius 3 is 2.46 bits per heavy atom. The SMILES string of the molecule is CN=C(NCc1ccc(OCC(F)(F)F)nc1)NCC1(c2ccccc2)CC1. The number of rotatable bonds is 7. The zero-order valence-corrected chi connectivity index (χ0v) is 15.6. The van der Waals surface area contributed by atoms with E-state index in [9.17, 15) is 13.2 Å². The van der Waals surface area contributed by atoms with Crippen LogP contribution in [0, 0.1) is 0 Å². The van der Waals surface area contributed by atoms with Gasteiger partial charge in [-0.2, -0.15) is 13.2 Å².